The molecule has 0 aliphatic rings. The number of nitrogens with one attached hydrogen (secondary N) is 1. The summed E-state index contributed by atoms with van der Waals surface area (Å²) in [6.07, 6.45) is 3.69. The molecule has 2 aromatic heterocycles. The molecule has 1 amide bonds. The molecular weight excluding hydrogens is 348 g/mol. The molecule has 0 fully saturated rings. The van der Waals surface area contributed by atoms with E-state index in [9.17, 15) is 4.79 Å². The summed E-state index contributed by atoms with van der Waals surface area (Å²) in [6.45, 7) is 4.71. The normalized spacial score (nSPS) is 10.8. The van der Waals surface area contributed by atoms with E-state index < -0.39 is 0 Å². The summed E-state index contributed by atoms with van der Waals surface area (Å²) >= 11 is 1.38. The topological polar surface area (TPSA) is 73.0 Å². The van der Waals surface area contributed by atoms with Crippen molar-refractivity contribution in [3.8, 4) is 17.1 Å². The second-order valence-corrected chi connectivity index (χ2v) is 6.80. The number of rotatable bonds is 8. The van der Waals surface area contributed by atoms with Crippen molar-refractivity contribution >= 4 is 17.7 Å². The molecule has 0 saturated heterocycles. The van der Waals surface area contributed by atoms with Gasteiger partial charge >= 0.3 is 0 Å². The van der Waals surface area contributed by atoms with Gasteiger partial charge < -0.3 is 9.73 Å². The monoisotopic (exact) mass is 370 g/mol. The van der Waals surface area contributed by atoms with Crippen LogP contribution in [0.1, 0.15) is 25.5 Å². The molecule has 3 aromatic rings. The van der Waals surface area contributed by atoms with Crippen molar-refractivity contribution < 1.29 is 9.21 Å². The fourth-order valence-electron chi connectivity index (χ4n) is 2.55. The van der Waals surface area contributed by atoms with Crippen LogP contribution in [-0.4, -0.2) is 33.0 Å². The van der Waals surface area contributed by atoms with Gasteiger partial charge in [0, 0.05) is 12.2 Å². The second-order valence-electron chi connectivity index (χ2n) is 5.86. The Morgan fingerprint density at radius 3 is 2.73 bits per heavy atom. The van der Waals surface area contributed by atoms with Crippen LogP contribution in [0.4, 0.5) is 0 Å². The molecule has 26 heavy (non-hydrogen) atoms. The number of benzene rings is 1. The average molecular weight is 370 g/mol. The molecule has 136 valence electrons. The molecule has 1 aromatic carbocycles. The first-order chi connectivity index (χ1) is 12.7. The van der Waals surface area contributed by atoms with E-state index in [0.29, 0.717) is 23.3 Å². The fourth-order valence-corrected chi connectivity index (χ4v) is 3.33. The third-order valence-corrected chi connectivity index (χ3v) is 4.86. The van der Waals surface area contributed by atoms with Crippen molar-refractivity contribution in [3.63, 3.8) is 0 Å². The maximum Gasteiger partial charge on any atom is 0.230 e. The number of aromatic nitrogens is 3. The molecule has 0 saturated carbocycles. The summed E-state index contributed by atoms with van der Waals surface area (Å²) in [5, 5.41) is 12.3. The van der Waals surface area contributed by atoms with Crippen LogP contribution in [0.3, 0.4) is 0 Å². The minimum absolute atomic E-state index is 0.00658. The van der Waals surface area contributed by atoms with Crippen LogP contribution < -0.4 is 5.32 Å². The quantitative estimate of drug-likeness (QED) is 0.482. The predicted octanol–water partition coefficient (Wildman–Crippen LogP) is 3.84. The number of aryl methyl sites for hydroxylation is 1. The Labute approximate surface area is 157 Å². The van der Waals surface area contributed by atoms with Crippen molar-refractivity contribution in [1.29, 1.82) is 0 Å². The van der Waals surface area contributed by atoms with Gasteiger partial charge in [0.25, 0.3) is 0 Å². The Kier molecular flexibility index (Phi) is 6.12. The van der Waals surface area contributed by atoms with Gasteiger partial charge in [-0.15, -0.1) is 10.2 Å². The van der Waals surface area contributed by atoms with E-state index in [0.717, 1.165) is 29.9 Å². The van der Waals surface area contributed by atoms with Gasteiger partial charge in [0.1, 0.15) is 5.76 Å². The van der Waals surface area contributed by atoms with Gasteiger partial charge in [-0.3, -0.25) is 9.36 Å². The molecule has 6 nitrogen and oxygen atoms in total. The number of thioether (sulfide) groups is 1. The lowest BCUT2D eigenvalue weighted by atomic mass is 10.2. The fraction of sp³-hybridized carbons (Fsp3) is 0.316. The van der Waals surface area contributed by atoms with Gasteiger partial charge in [0.2, 0.25) is 5.91 Å². The molecular formula is C19H22N4O2S. The van der Waals surface area contributed by atoms with Gasteiger partial charge in [-0.2, -0.15) is 0 Å². The van der Waals surface area contributed by atoms with Crippen molar-refractivity contribution in [1.82, 2.24) is 20.1 Å². The number of carbonyl (C=O) groups excluding carboxylic acids is 1. The standard InChI is InChI=1S/C19H22N4O2S/c1-3-4-11-20-17(24)13-26-19-22-21-18(16-10-12-25-14(16)2)23(19)15-8-6-5-7-9-15/h5-10,12H,3-4,11,13H2,1-2H3,(H,20,24). The summed E-state index contributed by atoms with van der Waals surface area (Å²) in [6, 6.07) is 11.8. The lowest BCUT2D eigenvalue weighted by molar-refractivity contribution is -0.118. The maximum absolute atomic E-state index is 12.0. The SMILES string of the molecule is CCCCNC(=O)CSc1nnc(-c2ccoc2C)n1-c1ccccc1. The zero-order chi connectivity index (χ0) is 18.4. The molecule has 1 N–H and O–H groups in total. The Bertz CT molecular complexity index is 858. The number of hydrogen-bond donors (Lipinski definition) is 1. The van der Waals surface area contributed by atoms with Crippen LogP contribution in [0.2, 0.25) is 0 Å². The van der Waals surface area contributed by atoms with Crippen LogP contribution in [-0.2, 0) is 4.79 Å². The molecule has 0 aliphatic heterocycles. The number of furan rings is 1. The molecule has 0 aliphatic carbocycles. The van der Waals surface area contributed by atoms with Gasteiger partial charge in [0.05, 0.1) is 17.6 Å². The van der Waals surface area contributed by atoms with E-state index >= 15 is 0 Å². The van der Waals surface area contributed by atoms with Crippen LogP contribution in [0.5, 0.6) is 0 Å². The highest BCUT2D eigenvalue weighted by molar-refractivity contribution is 7.99. The summed E-state index contributed by atoms with van der Waals surface area (Å²) in [4.78, 5) is 12.0. The zero-order valence-corrected chi connectivity index (χ0v) is 15.8. The molecule has 3 rings (SSSR count). The van der Waals surface area contributed by atoms with E-state index in [1.165, 1.54) is 11.8 Å². The number of carbonyl (C=O) groups is 1. The Balaban J connectivity index is 1.85. The third-order valence-electron chi connectivity index (χ3n) is 3.93. The van der Waals surface area contributed by atoms with E-state index in [1.54, 1.807) is 6.26 Å². The number of hydrogen-bond acceptors (Lipinski definition) is 5. The van der Waals surface area contributed by atoms with Crippen LogP contribution in [0.25, 0.3) is 17.1 Å². The van der Waals surface area contributed by atoms with Gasteiger partial charge in [-0.05, 0) is 31.5 Å². The second kappa shape index (κ2) is 8.71. The first kappa shape index (κ1) is 18.3. The van der Waals surface area contributed by atoms with Crippen LogP contribution >= 0.6 is 11.8 Å². The van der Waals surface area contributed by atoms with Crippen LogP contribution in [0, 0.1) is 6.92 Å². The maximum atomic E-state index is 12.0. The minimum Gasteiger partial charge on any atom is -0.469 e. The number of unbranched alkanes of at least 4 members (excludes halogenated alkanes) is 1. The summed E-state index contributed by atoms with van der Waals surface area (Å²) in [5.41, 5.74) is 1.84. The third kappa shape index (κ3) is 4.16. The Hall–Kier alpha value is -2.54. The van der Waals surface area contributed by atoms with E-state index in [4.69, 9.17) is 4.42 Å². The molecule has 0 unspecified atom stereocenters. The van der Waals surface area contributed by atoms with Crippen molar-refractivity contribution in [2.24, 2.45) is 0 Å². The molecule has 2 heterocycles. The first-order valence-electron chi connectivity index (χ1n) is 8.65. The summed E-state index contributed by atoms with van der Waals surface area (Å²) < 4.78 is 7.38. The van der Waals surface area contributed by atoms with Crippen molar-refractivity contribution in [3.05, 3.63) is 48.4 Å². The Morgan fingerprint density at radius 1 is 1.23 bits per heavy atom. The lowest BCUT2D eigenvalue weighted by Gasteiger charge is -2.10. The molecule has 0 bridgehead atoms. The molecule has 0 atom stereocenters. The summed E-state index contributed by atoms with van der Waals surface area (Å²) in [5.74, 6) is 1.80. The number of nitrogens with zero attached hydrogens (tertiary/aromatic N) is 3. The molecule has 0 spiro atoms. The highest BCUT2D eigenvalue weighted by Gasteiger charge is 2.19. The van der Waals surface area contributed by atoms with Gasteiger partial charge in [-0.25, -0.2) is 0 Å². The predicted molar refractivity (Wildman–Crippen MR) is 102 cm³/mol. The molecule has 7 heteroatoms. The van der Waals surface area contributed by atoms with E-state index in [2.05, 4.69) is 22.4 Å². The highest BCUT2D eigenvalue weighted by Crippen LogP contribution is 2.30. The number of para-hydroxylation sites is 1. The average Bonchev–Trinajstić information content (AvgIpc) is 3.26. The highest BCUT2D eigenvalue weighted by atomic mass is 32.2. The van der Waals surface area contributed by atoms with E-state index in [-0.39, 0.29) is 5.91 Å². The van der Waals surface area contributed by atoms with Gasteiger partial charge in [0.15, 0.2) is 11.0 Å². The van der Waals surface area contributed by atoms with Gasteiger partial charge in [-0.1, -0.05) is 43.3 Å². The largest absolute Gasteiger partial charge is 0.469 e. The van der Waals surface area contributed by atoms with E-state index in [1.807, 2.05) is 47.9 Å². The first-order valence-corrected chi connectivity index (χ1v) is 9.64. The zero-order valence-electron chi connectivity index (χ0n) is 14.9. The smallest absolute Gasteiger partial charge is 0.230 e. The summed E-state index contributed by atoms with van der Waals surface area (Å²) in [7, 11) is 0. The minimum atomic E-state index is 0.00658. The van der Waals surface area contributed by atoms with Crippen molar-refractivity contribution in [2.45, 2.75) is 31.8 Å². The number of amides is 1. The molecule has 0 radical (unpaired) electrons. The Morgan fingerprint density at radius 2 is 2.04 bits per heavy atom. The van der Waals surface area contributed by atoms with Crippen LogP contribution in [0.15, 0.2) is 52.2 Å². The van der Waals surface area contributed by atoms with Crippen molar-refractivity contribution in [2.75, 3.05) is 12.3 Å². The lowest BCUT2D eigenvalue weighted by Crippen LogP contribution is -2.26.